The largest absolute Gasteiger partial charge is 0.497 e. The quantitative estimate of drug-likeness (QED) is 0.823. The SMILES string of the molecule is COc1ccc(B(O)O)c(CN2CCCC(C)(C)CC2)c1. The zero-order valence-corrected chi connectivity index (χ0v) is 13.3. The minimum absolute atomic E-state index is 0.405. The van der Waals surface area contributed by atoms with Crippen LogP contribution >= 0.6 is 0 Å². The average molecular weight is 291 g/mol. The first kappa shape index (κ1) is 16.3. The summed E-state index contributed by atoms with van der Waals surface area (Å²) in [6, 6.07) is 5.41. The molecule has 1 fully saturated rings. The molecule has 0 amide bonds. The molecule has 0 radical (unpaired) electrons. The van der Waals surface area contributed by atoms with Gasteiger partial charge in [-0.1, -0.05) is 19.9 Å². The van der Waals surface area contributed by atoms with E-state index in [0.29, 0.717) is 10.9 Å². The summed E-state index contributed by atoms with van der Waals surface area (Å²) < 4.78 is 5.25. The maximum atomic E-state index is 9.53. The van der Waals surface area contributed by atoms with Crippen LogP contribution in [0.25, 0.3) is 0 Å². The Morgan fingerprint density at radius 2 is 2.00 bits per heavy atom. The summed E-state index contributed by atoms with van der Waals surface area (Å²) in [6.07, 6.45) is 3.61. The van der Waals surface area contributed by atoms with E-state index in [1.165, 1.54) is 19.3 Å². The number of hydrogen-bond acceptors (Lipinski definition) is 4. The molecule has 1 aliphatic rings. The van der Waals surface area contributed by atoms with E-state index in [0.717, 1.165) is 30.9 Å². The fraction of sp³-hybridized carbons (Fsp3) is 0.625. The molecular formula is C16H26BNO3. The van der Waals surface area contributed by atoms with Crippen LogP contribution in [0, 0.1) is 5.41 Å². The summed E-state index contributed by atoms with van der Waals surface area (Å²) in [7, 11) is 0.192. The summed E-state index contributed by atoms with van der Waals surface area (Å²) in [6.45, 7) is 7.49. The maximum Gasteiger partial charge on any atom is 0.488 e. The van der Waals surface area contributed by atoms with E-state index in [1.54, 1.807) is 19.2 Å². The molecule has 21 heavy (non-hydrogen) atoms. The first-order valence-corrected chi connectivity index (χ1v) is 7.66. The monoisotopic (exact) mass is 291 g/mol. The molecule has 4 nitrogen and oxygen atoms in total. The lowest BCUT2D eigenvalue weighted by molar-refractivity contribution is 0.256. The van der Waals surface area contributed by atoms with E-state index in [9.17, 15) is 10.0 Å². The van der Waals surface area contributed by atoms with Gasteiger partial charge in [0.05, 0.1) is 7.11 Å². The lowest BCUT2D eigenvalue weighted by Gasteiger charge is -2.24. The molecule has 0 spiro atoms. The molecule has 2 rings (SSSR count). The number of methoxy groups -OCH3 is 1. The molecule has 0 bridgehead atoms. The predicted octanol–water partition coefficient (Wildman–Crippen LogP) is 1.39. The van der Waals surface area contributed by atoms with Crippen molar-refractivity contribution in [3.8, 4) is 5.75 Å². The van der Waals surface area contributed by atoms with Crippen molar-refractivity contribution in [1.82, 2.24) is 4.90 Å². The molecule has 0 aliphatic carbocycles. The second-order valence-corrected chi connectivity index (χ2v) is 6.73. The van der Waals surface area contributed by atoms with E-state index in [1.807, 2.05) is 6.07 Å². The van der Waals surface area contributed by atoms with Crippen molar-refractivity contribution in [2.75, 3.05) is 20.2 Å². The first-order valence-electron chi connectivity index (χ1n) is 7.66. The Morgan fingerprint density at radius 1 is 1.24 bits per heavy atom. The third-order valence-corrected chi connectivity index (χ3v) is 4.45. The van der Waals surface area contributed by atoms with Gasteiger partial charge in [0, 0.05) is 6.54 Å². The summed E-state index contributed by atoms with van der Waals surface area (Å²) >= 11 is 0. The Balaban J connectivity index is 2.14. The summed E-state index contributed by atoms with van der Waals surface area (Å²) in [5.41, 5.74) is 1.91. The predicted molar refractivity (Wildman–Crippen MR) is 85.7 cm³/mol. The standard InChI is InChI=1S/C16H26BNO3/c1-16(2)7-4-9-18(10-8-16)12-13-11-14(21-3)5-6-15(13)17(19)20/h5-6,11,19-20H,4,7-10,12H2,1-3H3. The number of benzene rings is 1. The lowest BCUT2D eigenvalue weighted by Crippen LogP contribution is -2.36. The maximum absolute atomic E-state index is 9.53. The molecule has 2 N–H and O–H groups in total. The highest BCUT2D eigenvalue weighted by atomic mass is 16.5. The number of ether oxygens (including phenoxy) is 1. The zero-order chi connectivity index (χ0) is 15.5. The van der Waals surface area contributed by atoms with Crippen LogP contribution in [0.15, 0.2) is 18.2 Å². The van der Waals surface area contributed by atoms with Crippen LogP contribution in [0.5, 0.6) is 5.75 Å². The van der Waals surface area contributed by atoms with Gasteiger partial charge in [-0.3, -0.25) is 4.90 Å². The van der Waals surface area contributed by atoms with Crippen molar-refractivity contribution in [3.05, 3.63) is 23.8 Å². The van der Waals surface area contributed by atoms with Gasteiger partial charge < -0.3 is 14.8 Å². The second-order valence-electron chi connectivity index (χ2n) is 6.73. The third kappa shape index (κ3) is 4.46. The zero-order valence-electron chi connectivity index (χ0n) is 13.3. The van der Waals surface area contributed by atoms with Crippen LogP contribution in [0.2, 0.25) is 0 Å². The molecule has 0 unspecified atom stereocenters. The third-order valence-electron chi connectivity index (χ3n) is 4.45. The van der Waals surface area contributed by atoms with Gasteiger partial charge in [0.15, 0.2) is 0 Å². The van der Waals surface area contributed by atoms with Gasteiger partial charge in [-0.15, -0.1) is 0 Å². The molecule has 0 atom stereocenters. The Hall–Kier alpha value is -1.04. The minimum atomic E-state index is -1.44. The highest BCUT2D eigenvalue weighted by Crippen LogP contribution is 2.30. The summed E-state index contributed by atoms with van der Waals surface area (Å²) in [4.78, 5) is 2.40. The van der Waals surface area contributed by atoms with E-state index in [2.05, 4.69) is 18.7 Å². The molecule has 1 saturated heterocycles. The van der Waals surface area contributed by atoms with E-state index < -0.39 is 7.12 Å². The average Bonchev–Trinajstić information content (AvgIpc) is 2.60. The summed E-state index contributed by atoms with van der Waals surface area (Å²) in [5, 5.41) is 19.1. The summed E-state index contributed by atoms with van der Waals surface area (Å²) in [5.74, 6) is 0.754. The van der Waals surface area contributed by atoms with Crippen molar-refractivity contribution in [2.45, 2.75) is 39.7 Å². The van der Waals surface area contributed by atoms with Gasteiger partial charge in [-0.2, -0.15) is 0 Å². The van der Waals surface area contributed by atoms with Crippen molar-refractivity contribution in [1.29, 1.82) is 0 Å². The van der Waals surface area contributed by atoms with E-state index in [-0.39, 0.29) is 0 Å². The first-order chi connectivity index (χ1) is 9.91. The van der Waals surface area contributed by atoms with Gasteiger partial charge in [0.1, 0.15) is 5.75 Å². The van der Waals surface area contributed by atoms with Gasteiger partial charge in [0.25, 0.3) is 0 Å². The van der Waals surface area contributed by atoms with Crippen molar-refractivity contribution < 1.29 is 14.8 Å². The Labute approximate surface area is 127 Å². The number of likely N-dealkylation sites (tertiary alicyclic amines) is 1. The van der Waals surface area contributed by atoms with Gasteiger partial charge >= 0.3 is 7.12 Å². The highest BCUT2D eigenvalue weighted by Gasteiger charge is 2.24. The minimum Gasteiger partial charge on any atom is -0.497 e. The molecular weight excluding hydrogens is 265 g/mol. The molecule has 1 aromatic carbocycles. The van der Waals surface area contributed by atoms with Crippen LogP contribution in [0.4, 0.5) is 0 Å². The van der Waals surface area contributed by atoms with Crippen molar-refractivity contribution >= 4 is 12.6 Å². The molecule has 0 aromatic heterocycles. The van der Waals surface area contributed by atoms with Gasteiger partial charge in [-0.05, 0) is 60.9 Å². The highest BCUT2D eigenvalue weighted by molar-refractivity contribution is 6.59. The van der Waals surface area contributed by atoms with Crippen molar-refractivity contribution in [2.24, 2.45) is 5.41 Å². The Bertz CT molecular complexity index is 477. The molecule has 1 heterocycles. The van der Waals surface area contributed by atoms with Crippen LogP contribution < -0.4 is 10.2 Å². The lowest BCUT2D eigenvalue weighted by atomic mass is 9.77. The molecule has 5 heteroatoms. The molecule has 0 saturated carbocycles. The number of nitrogens with zero attached hydrogens (tertiary/aromatic N) is 1. The Morgan fingerprint density at radius 3 is 2.67 bits per heavy atom. The van der Waals surface area contributed by atoms with Crippen LogP contribution in [0.3, 0.4) is 0 Å². The fourth-order valence-corrected chi connectivity index (χ4v) is 2.98. The number of hydrogen-bond donors (Lipinski definition) is 2. The van der Waals surface area contributed by atoms with Crippen molar-refractivity contribution in [3.63, 3.8) is 0 Å². The fourth-order valence-electron chi connectivity index (χ4n) is 2.98. The van der Waals surface area contributed by atoms with Crippen LogP contribution in [0.1, 0.15) is 38.7 Å². The molecule has 1 aliphatic heterocycles. The topological polar surface area (TPSA) is 52.9 Å². The Kier molecular flexibility index (Phi) is 5.30. The molecule has 116 valence electrons. The van der Waals surface area contributed by atoms with Crippen LogP contribution in [-0.2, 0) is 6.54 Å². The second kappa shape index (κ2) is 6.82. The van der Waals surface area contributed by atoms with E-state index >= 15 is 0 Å². The smallest absolute Gasteiger partial charge is 0.488 e. The van der Waals surface area contributed by atoms with Crippen LogP contribution in [-0.4, -0.2) is 42.3 Å². The molecule has 1 aromatic rings. The normalized spacial score (nSPS) is 19.1. The van der Waals surface area contributed by atoms with Gasteiger partial charge in [0.2, 0.25) is 0 Å². The number of rotatable bonds is 4. The van der Waals surface area contributed by atoms with Gasteiger partial charge in [-0.25, -0.2) is 0 Å². The van der Waals surface area contributed by atoms with E-state index in [4.69, 9.17) is 4.74 Å².